The van der Waals surface area contributed by atoms with Gasteiger partial charge in [0, 0.05) is 32.8 Å². The van der Waals surface area contributed by atoms with Gasteiger partial charge >= 0.3 is 0 Å². The summed E-state index contributed by atoms with van der Waals surface area (Å²) in [7, 11) is 0. The first-order valence-electron chi connectivity index (χ1n) is 15.9. The minimum atomic E-state index is 0.616. The van der Waals surface area contributed by atoms with Crippen molar-refractivity contribution in [3.8, 4) is 39.7 Å². The molecule has 2 aromatic heterocycles. The number of nitrogens with zero attached hydrogens (tertiary/aromatic N) is 4. The number of para-hydroxylation sites is 3. The van der Waals surface area contributed by atoms with Gasteiger partial charge in [-0.3, -0.25) is 0 Å². The van der Waals surface area contributed by atoms with Crippen LogP contribution in [0, 0.1) is 17.9 Å². The quantitative estimate of drug-likeness (QED) is 0.183. The lowest BCUT2D eigenvalue weighted by molar-refractivity contribution is 1.18. The van der Waals surface area contributed by atoms with Crippen molar-refractivity contribution in [2.24, 2.45) is 0 Å². The second-order valence-electron chi connectivity index (χ2n) is 11.9. The number of nitriles is 1. The van der Waals surface area contributed by atoms with Crippen LogP contribution >= 0.6 is 0 Å². The number of fused-ring (bicyclic) bond motifs is 6. The Morgan fingerprint density at radius 3 is 1.88 bits per heavy atom. The van der Waals surface area contributed by atoms with Crippen molar-refractivity contribution in [1.29, 1.82) is 5.26 Å². The zero-order chi connectivity index (χ0) is 32.2. The molecule has 0 spiro atoms. The summed E-state index contributed by atoms with van der Waals surface area (Å²) in [6.45, 7) is 7.62. The van der Waals surface area contributed by atoms with Gasteiger partial charge in [0.1, 0.15) is 0 Å². The minimum absolute atomic E-state index is 0.616. The maximum Gasteiger partial charge on any atom is 0.189 e. The third-order valence-electron chi connectivity index (χ3n) is 9.37. The van der Waals surface area contributed by atoms with Gasteiger partial charge in [-0.2, -0.15) is 5.26 Å². The number of benzene rings is 7. The van der Waals surface area contributed by atoms with Crippen LogP contribution < -0.4 is 0 Å². The van der Waals surface area contributed by atoms with Crippen molar-refractivity contribution < 1.29 is 0 Å². The van der Waals surface area contributed by atoms with Crippen molar-refractivity contribution in [3.05, 3.63) is 175 Å². The molecule has 0 aliphatic heterocycles. The Labute approximate surface area is 277 Å². The van der Waals surface area contributed by atoms with Gasteiger partial charge in [0.25, 0.3) is 0 Å². The largest absolute Gasteiger partial charge is 0.310 e. The van der Waals surface area contributed by atoms with Crippen LogP contribution in [0.4, 0.5) is 5.69 Å². The molecule has 0 aliphatic rings. The highest BCUT2D eigenvalue weighted by atomic mass is 15.0. The van der Waals surface area contributed by atoms with E-state index in [0.717, 1.165) is 71.9 Å². The van der Waals surface area contributed by atoms with E-state index in [2.05, 4.69) is 147 Å². The van der Waals surface area contributed by atoms with Crippen LogP contribution in [0.1, 0.15) is 5.56 Å². The molecular formula is C44H26N4. The van der Waals surface area contributed by atoms with E-state index in [1.807, 2.05) is 30.3 Å². The monoisotopic (exact) mass is 610 g/mol. The van der Waals surface area contributed by atoms with Gasteiger partial charge in [-0.1, -0.05) is 103 Å². The third-order valence-corrected chi connectivity index (χ3v) is 9.37. The normalized spacial score (nSPS) is 11.3. The molecule has 48 heavy (non-hydrogen) atoms. The predicted molar refractivity (Wildman–Crippen MR) is 197 cm³/mol. The lowest BCUT2D eigenvalue weighted by Crippen LogP contribution is -1.98. The highest BCUT2D eigenvalue weighted by Crippen LogP contribution is 2.44. The first-order chi connectivity index (χ1) is 23.7. The number of hydrogen-bond donors (Lipinski definition) is 0. The fourth-order valence-electron chi connectivity index (χ4n) is 7.37. The summed E-state index contributed by atoms with van der Waals surface area (Å²) >= 11 is 0. The molecule has 0 fully saturated rings. The third kappa shape index (κ3) is 4.07. The van der Waals surface area contributed by atoms with Crippen molar-refractivity contribution in [1.82, 2.24) is 9.13 Å². The second-order valence-corrected chi connectivity index (χ2v) is 11.9. The molecule has 0 amide bonds. The Kier molecular flexibility index (Phi) is 6.22. The van der Waals surface area contributed by atoms with Crippen LogP contribution in [-0.4, -0.2) is 9.13 Å². The Morgan fingerprint density at radius 2 is 1.08 bits per heavy atom. The highest BCUT2D eigenvalue weighted by Gasteiger charge is 2.21. The summed E-state index contributed by atoms with van der Waals surface area (Å²) in [5.41, 5.74) is 12.2. The number of hydrogen-bond acceptors (Lipinski definition) is 1. The maximum atomic E-state index is 9.69. The molecular weight excluding hydrogens is 585 g/mol. The van der Waals surface area contributed by atoms with Crippen LogP contribution in [0.5, 0.6) is 0 Å². The fourth-order valence-corrected chi connectivity index (χ4v) is 7.37. The van der Waals surface area contributed by atoms with Gasteiger partial charge in [-0.05, 0) is 71.3 Å². The standard InChI is InChI=1S/C44H26N4/c1-46-30-12-10-13-31(27-30)47-41-22-9-6-18-37(41)44-36(19-11-23-43(44)47)33-15-3-2-14-32(33)34-16-4-7-20-39(34)48-40-21-8-5-17-35(40)38-26-29(28-45)24-25-42(38)48/h2-27H. The average Bonchev–Trinajstić information content (AvgIpc) is 3.67. The first kappa shape index (κ1) is 27.4. The molecule has 7 aromatic carbocycles. The molecule has 0 N–H and O–H groups in total. The number of rotatable bonds is 4. The average molecular weight is 611 g/mol. The smallest absolute Gasteiger partial charge is 0.189 e. The van der Waals surface area contributed by atoms with E-state index in [1.165, 1.54) is 5.39 Å². The molecule has 9 rings (SSSR count). The first-order valence-corrected chi connectivity index (χ1v) is 15.9. The SMILES string of the molecule is [C-]#[N+]c1cccc(-n2c3ccccc3c3c(-c4ccccc4-c4ccccc4-n4c5ccccc5c5cc(C#N)ccc54)cccc32)c1. The van der Waals surface area contributed by atoms with Crippen molar-refractivity contribution >= 4 is 49.3 Å². The van der Waals surface area contributed by atoms with Crippen LogP contribution in [0.3, 0.4) is 0 Å². The Balaban J connectivity index is 1.33. The van der Waals surface area contributed by atoms with Gasteiger partial charge in [-0.15, -0.1) is 0 Å². The van der Waals surface area contributed by atoms with E-state index in [4.69, 9.17) is 6.57 Å². The molecule has 4 heteroatoms. The molecule has 2 heterocycles. The van der Waals surface area contributed by atoms with E-state index in [0.29, 0.717) is 11.3 Å². The van der Waals surface area contributed by atoms with Gasteiger partial charge in [0.05, 0.1) is 46.0 Å². The minimum Gasteiger partial charge on any atom is -0.310 e. The zero-order valence-corrected chi connectivity index (χ0v) is 25.8. The van der Waals surface area contributed by atoms with E-state index in [9.17, 15) is 5.26 Å². The molecule has 0 aliphatic carbocycles. The molecule has 9 aromatic rings. The Bertz CT molecular complexity index is 2820. The van der Waals surface area contributed by atoms with Crippen LogP contribution in [0.2, 0.25) is 0 Å². The molecule has 0 radical (unpaired) electrons. The van der Waals surface area contributed by atoms with E-state index >= 15 is 0 Å². The molecule has 0 unspecified atom stereocenters. The summed E-state index contributed by atoms with van der Waals surface area (Å²) in [6.07, 6.45) is 0. The van der Waals surface area contributed by atoms with E-state index < -0.39 is 0 Å². The molecule has 0 saturated carbocycles. The lowest BCUT2D eigenvalue weighted by atomic mass is 9.91. The molecule has 0 saturated heterocycles. The highest BCUT2D eigenvalue weighted by molar-refractivity contribution is 6.17. The maximum absolute atomic E-state index is 9.69. The fraction of sp³-hybridized carbons (Fsp3) is 0. The summed E-state index contributed by atoms with van der Waals surface area (Å²) < 4.78 is 4.60. The summed E-state index contributed by atoms with van der Waals surface area (Å²) in [5.74, 6) is 0. The van der Waals surface area contributed by atoms with E-state index in [-0.39, 0.29) is 0 Å². The molecule has 0 atom stereocenters. The Morgan fingerprint density at radius 1 is 0.479 bits per heavy atom. The van der Waals surface area contributed by atoms with Gasteiger partial charge in [0.2, 0.25) is 0 Å². The van der Waals surface area contributed by atoms with E-state index in [1.54, 1.807) is 0 Å². The second kappa shape index (κ2) is 10.9. The van der Waals surface area contributed by atoms with Crippen molar-refractivity contribution in [2.45, 2.75) is 0 Å². The summed E-state index contributed by atoms with van der Waals surface area (Å²) in [6, 6.07) is 56.8. The predicted octanol–water partition coefficient (Wildman–Crippen LogP) is 11.6. The van der Waals surface area contributed by atoms with Gasteiger partial charge < -0.3 is 9.13 Å². The number of aromatic nitrogens is 2. The lowest BCUT2D eigenvalue weighted by Gasteiger charge is -2.17. The topological polar surface area (TPSA) is 38.0 Å². The summed E-state index contributed by atoms with van der Waals surface area (Å²) in [5, 5.41) is 14.2. The van der Waals surface area contributed by atoms with Gasteiger partial charge in [0.15, 0.2) is 5.69 Å². The zero-order valence-electron chi connectivity index (χ0n) is 25.8. The molecule has 4 nitrogen and oxygen atoms in total. The molecule has 222 valence electrons. The van der Waals surface area contributed by atoms with Crippen molar-refractivity contribution in [3.63, 3.8) is 0 Å². The van der Waals surface area contributed by atoms with Crippen LogP contribution in [0.15, 0.2) is 158 Å². The van der Waals surface area contributed by atoms with Crippen LogP contribution in [0.25, 0.3) is 82.1 Å². The Hall–Kier alpha value is -6.88. The van der Waals surface area contributed by atoms with Crippen molar-refractivity contribution in [2.75, 3.05) is 0 Å². The molecule has 0 bridgehead atoms. The van der Waals surface area contributed by atoms with Crippen LogP contribution in [-0.2, 0) is 0 Å². The van der Waals surface area contributed by atoms with Gasteiger partial charge in [-0.25, -0.2) is 4.85 Å². The summed E-state index contributed by atoms with van der Waals surface area (Å²) in [4.78, 5) is 3.71.